The highest BCUT2D eigenvalue weighted by atomic mass is 79.9. The molecule has 1 aromatic carbocycles. The number of hydrogen-bond donors (Lipinski definition) is 1. The van der Waals surface area contributed by atoms with Crippen molar-refractivity contribution in [2.24, 2.45) is 0 Å². The maximum Gasteiger partial charge on any atom is 0.134 e. The molecule has 1 rings (SSSR count). The lowest BCUT2D eigenvalue weighted by atomic mass is 10.1. The molecular weight excluding hydrogens is 232 g/mol. The summed E-state index contributed by atoms with van der Waals surface area (Å²) in [5, 5.41) is 9.01. The molecule has 0 bridgehead atoms. The smallest absolute Gasteiger partial charge is 0.134 e. The molecule has 13 heavy (non-hydrogen) atoms. The van der Waals surface area contributed by atoms with Gasteiger partial charge in [0.1, 0.15) is 11.4 Å². The fourth-order valence-electron chi connectivity index (χ4n) is 0.857. The van der Waals surface area contributed by atoms with Gasteiger partial charge in [0.15, 0.2) is 0 Å². The largest absolute Gasteiger partial charge is 0.484 e. The molecule has 0 atom stereocenters. The van der Waals surface area contributed by atoms with Crippen LogP contribution in [-0.4, -0.2) is 17.3 Å². The molecule has 0 amide bonds. The summed E-state index contributed by atoms with van der Waals surface area (Å²) in [4.78, 5) is 0. The van der Waals surface area contributed by atoms with Crippen molar-refractivity contribution >= 4 is 15.9 Å². The molecule has 0 saturated heterocycles. The maximum atomic E-state index is 9.01. The van der Waals surface area contributed by atoms with Crippen molar-refractivity contribution < 1.29 is 9.84 Å². The van der Waals surface area contributed by atoms with E-state index in [-0.39, 0.29) is 6.61 Å². The van der Waals surface area contributed by atoms with Crippen molar-refractivity contribution in [2.45, 2.75) is 19.4 Å². The Bertz CT molecular complexity index is 284. The Hall–Kier alpha value is -0.540. The fraction of sp³-hybridized carbons (Fsp3) is 0.400. The summed E-state index contributed by atoms with van der Waals surface area (Å²) in [5.41, 5.74) is -0.538. The van der Waals surface area contributed by atoms with Crippen LogP contribution in [0.3, 0.4) is 0 Å². The number of ether oxygens (including phenoxy) is 1. The van der Waals surface area contributed by atoms with Crippen LogP contribution < -0.4 is 4.74 Å². The molecule has 0 heterocycles. The number of halogens is 1. The lowest BCUT2D eigenvalue weighted by molar-refractivity contribution is 0.0406. The summed E-state index contributed by atoms with van der Waals surface area (Å²) < 4.78 is 6.48. The van der Waals surface area contributed by atoms with Gasteiger partial charge in [-0.2, -0.15) is 0 Å². The summed E-state index contributed by atoms with van der Waals surface area (Å²) in [6, 6.07) is 7.58. The molecule has 0 fully saturated rings. The second-order valence-electron chi connectivity index (χ2n) is 3.45. The zero-order valence-electron chi connectivity index (χ0n) is 7.75. The number of hydrogen-bond acceptors (Lipinski definition) is 2. The zero-order chi connectivity index (χ0) is 9.90. The molecule has 72 valence electrons. The Morgan fingerprint density at radius 2 is 2.00 bits per heavy atom. The van der Waals surface area contributed by atoms with Crippen LogP contribution >= 0.6 is 15.9 Å². The van der Waals surface area contributed by atoms with Crippen LogP contribution in [0, 0.1) is 0 Å². The van der Waals surface area contributed by atoms with Gasteiger partial charge < -0.3 is 9.84 Å². The van der Waals surface area contributed by atoms with Crippen LogP contribution in [0.5, 0.6) is 5.75 Å². The van der Waals surface area contributed by atoms with Crippen molar-refractivity contribution in [1.82, 2.24) is 0 Å². The molecule has 1 aromatic rings. The van der Waals surface area contributed by atoms with Crippen molar-refractivity contribution in [3.63, 3.8) is 0 Å². The molecule has 0 radical (unpaired) electrons. The number of aliphatic hydroxyl groups excluding tert-OH is 1. The van der Waals surface area contributed by atoms with Gasteiger partial charge in [-0.15, -0.1) is 0 Å². The first-order valence-corrected chi connectivity index (χ1v) is 4.89. The molecular formula is C10H13BrO2. The Balaban J connectivity index is 2.80. The van der Waals surface area contributed by atoms with Crippen LogP contribution in [0.4, 0.5) is 0 Å². The van der Waals surface area contributed by atoms with E-state index in [1.54, 1.807) is 0 Å². The van der Waals surface area contributed by atoms with Crippen molar-refractivity contribution in [3.05, 3.63) is 28.7 Å². The van der Waals surface area contributed by atoms with E-state index < -0.39 is 5.60 Å². The van der Waals surface area contributed by atoms with Gasteiger partial charge in [0.2, 0.25) is 0 Å². The predicted molar refractivity (Wildman–Crippen MR) is 55.9 cm³/mol. The molecule has 0 saturated carbocycles. The van der Waals surface area contributed by atoms with Crippen LogP contribution in [0.2, 0.25) is 0 Å². The lowest BCUT2D eigenvalue weighted by Gasteiger charge is -2.24. The van der Waals surface area contributed by atoms with E-state index in [0.717, 1.165) is 10.2 Å². The van der Waals surface area contributed by atoms with Crippen LogP contribution in [-0.2, 0) is 0 Å². The molecule has 1 N–H and O–H groups in total. The van der Waals surface area contributed by atoms with E-state index in [2.05, 4.69) is 15.9 Å². The number of para-hydroxylation sites is 1. The molecule has 0 aliphatic carbocycles. The molecule has 3 heteroatoms. The Labute approximate surface area is 86.7 Å². The van der Waals surface area contributed by atoms with Gasteiger partial charge in [-0.05, 0) is 41.9 Å². The van der Waals surface area contributed by atoms with Crippen LogP contribution in [0.25, 0.3) is 0 Å². The zero-order valence-corrected chi connectivity index (χ0v) is 9.34. The van der Waals surface area contributed by atoms with Crippen molar-refractivity contribution in [3.8, 4) is 5.75 Å². The lowest BCUT2D eigenvalue weighted by Crippen LogP contribution is -2.32. The van der Waals surface area contributed by atoms with Crippen LogP contribution in [0.15, 0.2) is 28.7 Å². The minimum atomic E-state index is -0.538. The molecule has 0 aliphatic rings. The monoisotopic (exact) mass is 244 g/mol. The third-order valence-corrected chi connectivity index (χ3v) is 2.26. The van der Waals surface area contributed by atoms with Gasteiger partial charge in [-0.3, -0.25) is 0 Å². The first-order chi connectivity index (χ1) is 6.05. The van der Waals surface area contributed by atoms with E-state index in [0.29, 0.717) is 0 Å². The SMILES string of the molecule is CC(C)(CO)Oc1ccccc1Br. The summed E-state index contributed by atoms with van der Waals surface area (Å²) in [6.07, 6.45) is 0. The first kappa shape index (κ1) is 10.5. The number of benzene rings is 1. The van der Waals surface area contributed by atoms with Gasteiger partial charge in [0.05, 0.1) is 11.1 Å². The van der Waals surface area contributed by atoms with E-state index in [1.807, 2.05) is 38.1 Å². The van der Waals surface area contributed by atoms with Gasteiger partial charge >= 0.3 is 0 Å². The van der Waals surface area contributed by atoms with E-state index in [4.69, 9.17) is 9.84 Å². The first-order valence-electron chi connectivity index (χ1n) is 4.09. The molecule has 0 spiro atoms. The quantitative estimate of drug-likeness (QED) is 0.886. The average Bonchev–Trinajstić information content (AvgIpc) is 2.09. The molecule has 0 aromatic heterocycles. The Kier molecular flexibility index (Phi) is 3.33. The van der Waals surface area contributed by atoms with Gasteiger partial charge in [-0.1, -0.05) is 12.1 Å². The second-order valence-corrected chi connectivity index (χ2v) is 4.30. The van der Waals surface area contributed by atoms with Gasteiger partial charge in [0.25, 0.3) is 0 Å². The highest BCUT2D eigenvalue weighted by Crippen LogP contribution is 2.27. The third kappa shape index (κ3) is 3.01. The predicted octanol–water partition coefficient (Wildman–Crippen LogP) is 2.60. The Morgan fingerprint density at radius 1 is 1.38 bits per heavy atom. The van der Waals surface area contributed by atoms with Gasteiger partial charge in [-0.25, -0.2) is 0 Å². The van der Waals surface area contributed by atoms with Crippen LogP contribution in [0.1, 0.15) is 13.8 Å². The molecule has 0 aliphatic heterocycles. The Morgan fingerprint density at radius 3 is 2.54 bits per heavy atom. The van der Waals surface area contributed by atoms with Gasteiger partial charge in [0, 0.05) is 0 Å². The van der Waals surface area contributed by atoms with E-state index >= 15 is 0 Å². The highest BCUT2D eigenvalue weighted by molar-refractivity contribution is 9.10. The summed E-state index contributed by atoms with van der Waals surface area (Å²) in [6.45, 7) is 3.67. The number of aliphatic hydroxyl groups is 1. The fourth-order valence-corrected chi connectivity index (χ4v) is 1.22. The minimum absolute atomic E-state index is 0.00562. The molecule has 2 nitrogen and oxygen atoms in total. The van der Waals surface area contributed by atoms with Crippen molar-refractivity contribution in [1.29, 1.82) is 0 Å². The number of rotatable bonds is 3. The summed E-state index contributed by atoms with van der Waals surface area (Å²) in [7, 11) is 0. The summed E-state index contributed by atoms with van der Waals surface area (Å²) >= 11 is 3.37. The maximum absolute atomic E-state index is 9.01. The summed E-state index contributed by atoms with van der Waals surface area (Å²) in [5.74, 6) is 0.751. The highest BCUT2D eigenvalue weighted by Gasteiger charge is 2.18. The van der Waals surface area contributed by atoms with E-state index in [9.17, 15) is 0 Å². The normalized spacial score (nSPS) is 11.4. The molecule has 0 unspecified atom stereocenters. The van der Waals surface area contributed by atoms with Crippen molar-refractivity contribution in [2.75, 3.05) is 6.61 Å². The second kappa shape index (κ2) is 4.11. The topological polar surface area (TPSA) is 29.5 Å². The minimum Gasteiger partial charge on any atom is -0.484 e. The average molecular weight is 245 g/mol. The third-order valence-electron chi connectivity index (χ3n) is 1.60. The standard InChI is InChI=1S/C10H13BrO2/c1-10(2,7-12)13-9-6-4-3-5-8(9)11/h3-6,12H,7H2,1-2H3. The van der Waals surface area contributed by atoms with E-state index in [1.165, 1.54) is 0 Å².